The van der Waals surface area contributed by atoms with Crippen LogP contribution >= 0.6 is 11.6 Å². The molecule has 1 aliphatic heterocycles. The van der Waals surface area contributed by atoms with Gasteiger partial charge >= 0.3 is 0 Å². The zero-order chi connectivity index (χ0) is 18.0. The monoisotopic (exact) mass is 362 g/mol. The molecule has 0 saturated heterocycles. The second-order valence-electron chi connectivity index (χ2n) is 6.26. The largest absolute Gasteiger partial charge is 0.330 e. The molecule has 0 spiro atoms. The Balaban J connectivity index is 1.70. The van der Waals surface area contributed by atoms with Crippen LogP contribution in [0.4, 0.5) is 0 Å². The Hall–Kier alpha value is -2.15. The van der Waals surface area contributed by atoms with Gasteiger partial charge < -0.3 is 4.90 Å². The average Bonchev–Trinajstić information content (AvgIpc) is 3.09. The number of hydrogen-bond donors (Lipinski definition) is 0. The number of hydrogen-bond acceptors (Lipinski definition) is 4. The van der Waals surface area contributed by atoms with E-state index in [1.54, 1.807) is 21.7 Å². The third-order valence-corrected chi connectivity index (χ3v) is 4.70. The maximum atomic E-state index is 12.5. The van der Waals surface area contributed by atoms with Gasteiger partial charge in [0.2, 0.25) is 5.91 Å². The lowest BCUT2D eigenvalue weighted by molar-refractivity contribution is -0.127. The summed E-state index contributed by atoms with van der Waals surface area (Å²) in [7, 11) is 0. The van der Waals surface area contributed by atoms with Crippen LogP contribution in [0.1, 0.15) is 42.7 Å². The van der Waals surface area contributed by atoms with E-state index in [9.17, 15) is 4.79 Å². The van der Waals surface area contributed by atoms with Crippen molar-refractivity contribution >= 4 is 23.6 Å². The van der Waals surface area contributed by atoms with Crippen molar-refractivity contribution in [1.82, 2.24) is 29.4 Å². The predicted molar refractivity (Wildman–Crippen MR) is 96.1 cm³/mol. The Morgan fingerprint density at radius 2 is 2.08 bits per heavy atom. The number of carbonyl (C=O) groups is 1. The van der Waals surface area contributed by atoms with Gasteiger partial charge in [0.25, 0.3) is 0 Å². The number of carbonyl (C=O) groups excluding carboxylic acids is 1. The van der Waals surface area contributed by atoms with Crippen LogP contribution in [0.25, 0.3) is 6.08 Å². The van der Waals surface area contributed by atoms with Crippen LogP contribution in [0.5, 0.6) is 0 Å². The summed E-state index contributed by atoms with van der Waals surface area (Å²) in [4.78, 5) is 18.6. The molecule has 0 fully saturated rings. The first-order chi connectivity index (χ1) is 12.0. The summed E-state index contributed by atoms with van der Waals surface area (Å²) in [6, 6.07) is 0. The number of aromatic nitrogens is 5. The highest BCUT2D eigenvalue weighted by molar-refractivity contribution is 6.31. The molecule has 0 saturated carbocycles. The summed E-state index contributed by atoms with van der Waals surface area (Å²) < 4.78 is 3.66. The lowest BCUT2D eigenvalue weighted by atomic mass is 10.2. The highest BCUT2D eigenvalue weighted by Crippen LogP contribution is 2.22. The van der Waals surface area contributed by atoms with Gasteiger partial charge in [-0.15, -0.1) is 0 Å². The van der Waals surface area contributed by atoms with Crippen molar-refractivity contribution in [2.75, 3.05) is 6.54 Å². The molecule has 0 bridgehead atoms. The molecule has 3 heterocycles. The molecule has 7 nitrogen and oxygen atoms in total. The SMILES string of the molecule is CCCCn1nc(C)c(/C=C\C(=O)N2CCn3nc(C)nc3C2)c1Cl. The van der Waals surface area contributed by atoms with E-state index in [4.69, 9.17) is 11.6 Å². The van der Waals surface area contributed by atoms with Gasteiger partial charge in [0, 0.05) is 24.7 Å². The minimum Gasteiger partial charge on any atom is -0.330 e. The zero-order valence-electron chi connectivity index (χ0n) is 14.9. The van der Waals surface area contributed by atoms with E-state index in [1.165, 1.54) is 0 Å². The highest BCUT2D eigenvalue weighted by Gasteiger charge is 2.21. The summed E-state index contributed by atoms with van der Waals surface area (Å²) in [6.07, 6.45) is 5.44. The molecule has 0 N–H and O–H groups in total. The third-order valence-electron chi connectivity index (χ3n) is 4.31. The Morgan fingerprint density at radius 3 is 2.84 bits per heavy atom. The highest BCUT2D eigenvalue weighted by atomic mass is 35.5. The van der Waals surface area contributed by atoms with Gasteiger partial charge in [-0.3, -0.25) is 9.48 Å². The summed E-state index contributed by atoms with van der Waals surface area (Å²) in [5.41, 5.74) is 1.64. The second kappa shape index (κ2) is 7.39. The average molecular weight is 363 g/mol. The standard InChI is InChI=1S/C17H23ClN6O/c1-4-5-8-24-17(18)14(12(2)20-24)6-7-16(25)22-9-10-23-15(11-22)19-13(3)21-23/h6-7H,4-5,8-11H2,1-3H3/b7-6-. The lowest BCUT2D eigenvalue weighted by Crippen LogP contribution is -2.37. The van der Waals surface area contributed by atoms with E-state index in [-0.39, 0.29) is 5.91 Å². The van der Waals surface area contributed by atoms with E-state index in [1.807, 2.05) is 18.5 Å². The molecule has 1 amide bonds. The van der Waals surface area contributed by atoms with Crippen molar-refractivity contribution in [3.8, 4) is 0 Å². The van der Waals surface area contributed by atoms with Crippen molar-refractivity contribution in [1.29, 1.82) is 0 Å². The van der Waals surface area contributed by atoms with Crippen molar-refractivity contribution in [3.63, 3.8) is 0 Å². The van der Waals surface area contributed by atoms with Crippen LogP contribution in [0, 0.1) is 13.8 Å². The Morgan fingerprint density at radius 1 is 1.28 bits per heavy atom. The molecule has 0 aliphatic carbocycles. The molecule has 25 heavy (non-hydrogen) atoms. The normalized spacial score (nSPS) is 14.3. The van der Waals surface area contributed by atoms with E-state index in [0.717, 1.165) is 42.3 Å². The number of halogens is 1. The van der Waals surface area contributed by atoms with E-state index in [0.29, 0.717) is 24.8 Å². The van der Waals surface area contributed by atoms with Crippen LogP contribution in [0.2, 0.25) is 5.15 Å². The fraction of sp³-hybridized carbons (Fsp3) is 0.529. The first-order valence-corrected chi connectivity index (χ1v) is 8.97. The maximum absolute atomic E-state index is 12.5. The van der Waals surface area contributed by atoms with Crippen molar-refractivity contribution in [2.24, 2.45) is 0 Å². The number of amides is 1. The van der Waals surface area contributed by atoms with E-state index >= 15 is 0 Å². The summed E-state index contributed by atoms with van der Waals surface area (Å²) >= 11 is 6.41. The van der Waals surface area contributed by atoms with Gasteiger partial charge in [0.15, 0.2) is 0 Å². The molecule has 8 heteroatoms. The van der Waals surface area contributed by atoms with Crippen molar-refractivity contribution < 1.29 is 4.79 Å². The van der Waals surface area contributed by atoms with Gasteiger partial charge in [0.1, 0.15) is 16.8 Å². The van der Waals surface area contributed by atoms with Gasteiger partial charge in [-0.05, 0) is 26.3 Å². The topological polar surface area (TPSA) is 68.8 Å². The zero-order valence-corrected chi connectivity index (χ0v) is 15.6. The number of fused-ring (bicyclic) bond motifs is 1. The third kappa shape index (κ3) is 3.76. The van der Waals surface area contributed by atoms with E-state index < -0.39 is 0 Å². The summed E-state index contributed by atoms with van der Waals surface area (Å²) in [6.45, 7) is 8.46. The fourth-order valence-electron chi connectivity index (χ4n) is 2.92. The second-order valence-corrected chi connectivity index (χ2v) is 6.62. The fourth-order valence-corrected chi connectivity index (χ4v) is 3.24. The van der Waals surface area contributed by atoms with Crippen molar-refractivity contribution in [2.45, 2.75) is 53.2 Å². The first-order valence-electron chi connectivity index (χ1n) is 8.59. The molecular formula is C17H23ClN6O. The number of rotatable bonds is 5. The Bertz CT molecular complexity index is 806. The predicted octanol–water partition coefficient (Wildman–Crippen LogP) is 2.60. The van der Waals surface area contributed by atoms with Crippen LogP contribution in [-0.2, 0) is 24.4 Å². The Labute approximate surface area is 152 Å². The van der Waals surface area contributed by atoms with Crippen molar-refractivity contribution in [3.05, 3.63) is 34.1 Å². The minimum absolute atomic E-state index is 0.0522. The lowest BCUT2D eigenvalue weighted by Gasteiger charge is -2.25. The molecule has 2 aromatic heterocycles. The van der Waals surface area contributed by atoms with Crippen LogP contribution in [-0.4, -0.2) is 41.9 Å². The van der Waals surface area contributed by atoms with Gasteiger partial charge in [-0.1, -0.05) is 24.9 Å². The van der Waals surface area contributed by atoms with Gasteiger partial charge in [0.05, 0.1) is 18.8 Å². The van der Waals surface area contributed by atoms with Crippen LogP contribution in [0.3, 0.4) is 0 Å². The smallest absolute Gasteiger partial charge is 0.247 e. The van der Waals surface area contributed by atoms with Gasteiger partial charge in [-0.25, -0.2) is 9.67 Å². The summed E-state index contributed by atoms with van der Waals surface area (Å²) in [5, 5.41) is 9.35. The quantitative estimate of drug-likeness (QED) is 0.767. The van der Waals surface area contributed by atoms with Crippen LogP contribution in [0.15, 0.2) is 6.08 Å². The Kier molecular flexibility index (Phi) is 5.22. The molecule has 3 rings (SSSR count). The molecule has 0 aromatic carbocycles. The number of unbranched alkanes of at least 4 members (excludes halogenated alkanes) is 1. The van der Waals surface area contributed by atoms with E-state index in [2.05, 4.69) is 22.1 Å². The minimum atomic E-state index is -0.0522. The summed E-state index contributed by atoms with van der Waals surface area (Å²) in [5.74, 6) is 1.51. The first kappa shape index (κ1) is 17.7. The number of aryl methyl sites for hydroxylation is 3. The molecule has 2 aromatic rings. The molecule has 134 valence electrons. The molecule has 0 unspecified atom stereocenters. The van der Waals surface area contributed by atoms with Crippen LogP contribution < -0.4 is 0 Å². The molecular weight excluding hydrogens is 340 g/mol. The maximum Gasteiger partial charge on any atom is 0.247 e. The molecule has 0 atom stereocenters. The number of nitrogens with zero attached hydrogens (tertiary/aromatic N) is 6. The molecule has 0 radical (unpaired) electrons. The molecule has 1 aliphatic rings. The van der Waals surface area contributed by atoms with Gasteiger partial charge in [-0.2, -0.15) is 10.2 Å².